The molecule has 1 amide bonds. The average Bonchev–Trinajstić information content (AvgIpc) is 2.85. The monoisotopic (exact) mass is 212 g/mol. The molecule has 2 N–H and O–H groups in total. The zero-order chi connectivity index (χ0) is 10.7. The van der Waals surface area contributed by atoms with Gasteiger partial charge >= 0.3 is 0 Å². The Bertz CT molecular complexity index is 231. The average molecular weight is 212 g/mol. The van der Waals surface area contributed by atoms with E-state index < -0.39 is 0 Å². The van der Waals surface area contributed by atoms with Crippen LogP contribution in [0.15, 0.2) is 0 Å². The summed E-state index contributed by atoms with van der Waals surface area (Å²) in [6.45, 7) is 6.33. The van der Waals surface area contributed by atoms with Crippen LogP contribution < -0.4 is 10.6 Å². The normalized spacial score (nSPS) is 35.7. The lowest BCUT2D eigenvalue weighted by Crippen LogP contribution is -2.39. The molecule has 2 saturated heterocycles. The highest BCUT2D eigenvalue weighted by atomic mass is 16.5. The number of hydrogen-bond donors (Lipinski definition) is 2. The minimum atomic E-state index is 0.154. The van der Waals surface area contributed by atoms with Crippen molar-refractivity contribution >= 4 is 5.91 Å². The Hall–Kier alpha value is -0.610. The molecule has 1 unspecified atom stereocenters. The lowest BCUT2D eigenvalue weighted by molar-refractivity contribution is -0.124. The standard InChI is InChI=1S/C11H20N2O2/c1-11(3-5-15-8-11)7-13-10(14)9-2-4-12-6-9/h9,12H,2-8H2,1H3,(H,13,14)/t9-,11?/m0/s1. The van der Waals surface area contributed by atoms with E-state index in [9.17, 15) is 4.79 Å². The second-order valence-corrected chi connectivity index (χ2v) is 5.02. The topological polar surface area (TPSA) is 50.4 Å². The Morgan fingerprint density at radius 1 is 1.67 bits per heavy atom. The zero-order valence-electron chi connectivity index (χ0n) is 9.34. The maximum atomic E-state index is 11.8. The number of carbonyl (C=O) groups excluding carboxylic acids is 1. The third-order valence-electron chi connectivity index (χ3n) is 3.42. The number of rotatable bonds is 3. The Morgan fingerprint density at radius 3 is 3.13 bits per heavy atom. The van der Waals surface area contributed by atoms with Gasteiger partial charge < -0.3 is 15.4 Å². The molecule has 2 heterocycles. The number of nitrogens with one attached hydrogen (secondary N) is 2. The number of amides is 1. The Morgan fingerprint density at radius 2 is 2.53 bits per heavy atom. The quantitative estimate of drug-likeness (QED) is 0.699. The van der Waals surface area contributed by atoms with Crippen LogP contribution in [0.5, 0.6) is 0 Å². The van der Waals surface area contributed by atoms with Gasteiger partial charge in [0.05, 0.1) is 12.5 Å². The van der Waals surface area contributed by atoms with Gasteiger partial charge in [-0.15, -0.1) is 0 Å². The van der Waals surface area contributed by atoms with Gasteiger partial charge in [0, 0.05) is 25.1 Å². The first-order valence-corrected chi connectivity index (χ1v) is 5.76. The number of hydrogen-bond acceptors (Lipinski definition) is 3. The van der Waals surface area contributed by atoms with Gasteiger partial charge in [-0.25, -0.2) is 0 Å². The van der Waals surface area contributed by atoms with Crippen molar-refractivity contribution in [1.29, 1.82) is 0 Å². The van der Waals surface area contributed by atoms with Gasteiger partial charge in [-0.3, -0.25) is 4.79 Å². The summed E-state index contributed by atoms with van der Waals surface area (Å²) in [5.41, 5.74) is 0.154. The van der Waals surface area contributed by atoms with E-state index in [2.05, 4.69) is 17.6 Å². The lowest BCUT2D eigenvalue weighted by Gasteiger charge is -2.22. The molecule has 2 aliphatic heterocycles. The van der Waals surface area contributed by atoms with Crippen molar-refractivity contribution in [2.24, 2.45) is 11.3 Å². The van der Waals surface area contributed by atoms with Crippen LogP contribution in [0, 0.1) is 11.3 Å². The number of carbonyl (C=O) groups is 1. The van der Waals surface area contributed by atoms with Crippen molar-refractivity contribution in [3.63, 3.8) is 0 Å². The summed E-state index contributed by atoms with van der Waals surface area (Å²) < 4.78 is 5.35. The Labute approximate surface area is 90.8 Å². The highest BCUT2D eigenvalue weighted by Crippen LogP contribution is 2.26. The molecule has 2 fully saturated rings. The third-order valence-corrected chi connectivity index (χ3v) is 3.42. The Balaban J connectivity index is 1.74. The zero-order valence-corrected chi connectivity index (χ0v) is 9.34. The van der Waals surface area contributed by atoms with E-state index in [0.29, 0.717) is 0 Å². The van der Waals surface area contributed by atoms with E-state index in [1.54, 1.807) is 0 Å². The summed E-state index contributed by atoms with van der Waals surface area (Å²) in [6.07, 6.45) is 2.02. The van der Waals surface area contributed by atoms with Crippen molar-refractivity contribution < 1.29 is 9.53 Å². The van der Waals surface area contributed by atoms with Gasteiger partial charge in [0.25, 0.3) is 0 Å². The van der Waals surface area contributed by atoms with Crippen molar-refractivity contribution in [2.45, 2.75) is 19.8 Å². The van der Waals surface area contributed by atoms with Crippen LogP contribution in [0.3, 0.4) is 0 Å². The van der Waals surface area contributed by atoms with Gasteiger partial charge in [-0.05, 0) is 19.4 Å². The molecular formula is C11H20N2O2. The van der Waals surface area contributed by atoms with E-state index in [4.69, 9.17) is 4.74 Å². The fourth-order valence-electron chi connectivity index (χ4n) is 2.17. The highest BCUT2D eigenvalue weighted by molar-refractivity contribution is 5.79. The van der Waals surface area contributed by atoms with Gasteiger partial charge in [0.2, 0.25) is 5.91 Å². The molecule has 2 rings (SSSR count). The molecule has 0 spiro atoms. The molecule has 0 saturated carbocycles. The minimum absolute atomic E-state index is 0.154. The van der Waals surface area contributed by atoms with Crippen molar-refractivity contribution in [1.82, 2.24) is 10.6 Å². The minimum Gasteiger partial charge on any atom is -0.381 e. The van der Waals surface area contributed by atoms with E-state index >= 15 is 0 Å². The predicted molar refractivity (Wildman–Crippen MR) is 57.5 cm³/mol. The van der Waals surface area contributed by atoms with Crippen molar-refractivity contribution in [3.8, 4) is 0 Å². The second kappa shape index (κ2) is 4.49. The summed E-state index contributed by atoms with van der Waals surface area (Å²) in [5.74, 6) is 0.379. The first-order chi connectivity index (χ1) is 7.20. The van der Waals surface area contributed by atoms with E-state index in [0.717, 1.165) is 45.7 Å². The van der Waals surface area contributed by atoms with E-state index in [-0.39, 0.29) is 17.2 Å². The first-order valence-electron chi connectivity index (χ1n) is 5.76. The maximum absolute atomic E-state index is 11.8. The fraction of sp³-hybridized carbons (Fsp3) is 0.909. The first kappa shape index (κ1) is 10.9. The summed E-state index contributed by atoms with van der Waals surface area (Å²) in [4.78, 5) is 11.8. The molecule has 4 heteroatoms. The number of ether oxygens (including phenoxy) is 1. The summed E-state index contributed by atoms with van der Waals surface area (Å²) >= 11 is 0. The largest absolute Gasteiger partial charge is 0.381 e. The molecule has 2 aliphatic rings. The smallest absolute Gasteiger partial charge is 0.224 e. The van der Waals surface area contributed by atoms with E-state index in [1.165, 1.54) is 0 Å². The molecule has 0 aromatic heterocycles. The molecule has 0 bridgehead atoms. The SMILES string of the molecule is CC1(CNC(=O)[C@H]2CCNC2)CCOC1. The molecule has 0 radical (unpaired) electrons. The fourth-order valence-corrected chi connectivity index (χ4v) is 2.17. The van der Waals surface area contributed by atoms with E-state index in [1.807, 2.05) is 0 Å². The summed E-state index contributed by atoms with van der Waals surface area (Å²) in [7, 11) is 0. The molecule has 86 valence electrons. The lowest BCUT2D eigenvalue weighted by atomic mass is 9.90. The predicted octanol–water partition coefficient (Wildman–Crippen LogP) is 0.139. The Kier molecular flexibility index (Phi) is 3.26. The van der Waals surface area contributed by atoms with Crippen LogP contribution >= 0.6 is 0 Å². The highest BCUT2D eigenvalue weighted by Gasteiger charge is 2.31. The van der Waals surface area contributed by atoms with Crippen LogP contribution in [0.1, 0.15) is 19.8 Å². The molecule has 0 aromatic carbocycles. The maximum Gasteiger partial charge on any atom is 0.224 e. The van der Waals surface area contributed by atoms with Crippen LogP contribution in [-0.2, 0) is 9.53 Å². The third kappa shape index (κ3) is 2.69. The van der Waals surface area contributed by atoms with Crippen LogP contribution in [0.25, 0.3) is 0 Å². The summed E-state index contributed by atoms with van der Waals surface area (Å²) in [5, 5.41) is 6.25. The molecule has 0 aromatic rings. The molecule has 2 atom stereocenters. The van der Waals surface area contributed by atoms with Crippen molar-refractivity contribution in [2.75, 3.05) is 32.8 Å². The van der Waals surface area contributed by atoms with Gasteiger partial charge in [-0.1, -0.05) is 6.92 Å². The molecule has 4 nitrogen and oxygen atoms in total. The van der Waals surface area contributed by atoms with Crippen LogP contribution in [0.2, 0.25) is 0 Å². The second-order valence-electron chi connectivity index (χ2n) is 5.02. The van der Waals surface area contributed by atoms with Crippen molar-refractivity contribution in [3.05, 3.63) is 0 Å². The molecular weight excluding hydrogens is 192 g/mol. The van der Waals surface area contributed by atoms with Crippen LogP contribution in [-0.4, -0.2) is 38.8 Å². The molecule has 0 aliphatic carbocycles. The molecule has 15 heavy (non-hydrogen) atoms. The van der Waals surface area contributed by atoms with Crippen LogP contribution in [0.4, 0.5) is 0 Å². The summed E-state index contributed by atoms with van der Waals surface area (Å²) in [6, 6.07) is 0. The van der Waals surface area contributed by atoms with Gasteiger partial charge in [-0.2, -0.15) is 0 Å². The van der Waals surface area contributed by atoms with Gasteiger partial charge in [0.1, 0.15) is 0 Å². The van der Waals surface area contributed by atoms with Gasteiger partial charge in [0.15, 0.2) is 0 Å².